The number of ether oxygens (including phenoxy) is 1. The number of halogens is 1. The first-order valence-corrected chi connectivity index (χ1v) is 11.4. The van der Waals surface area contributed by atoms with Crippen LogP contribution in [0.4, 0.5) is 4.79 Å². The van der Waals surface area contributed by atoms with Gasteiger partial charge in [-0.1, -0.05) is 17.7 Å². The second kappa shape index (κ2) is 10.6. The number of H-pyrrole nitrogens is 1. The van der Waals surface area contributed by atoms with E-state index in [1.54, 1.807) is 65.1 Å². The van der Waals surface area contributed by atoms with Crippen LogP contribution in [0.2, 0.25) is 5.02 Å². The number of nitriles is 1. The van der Waals surface area contributed by atoms with Gasteiger partial charge in [0.25, 0.3) is 5.56 Å². The maximum atomic E-state index is 12.4. The minimum absolute atomic E-state index is 0.0219. The van der Waals surface area contributed by atoms with Crippen molar-refractivity contribution in [3.05, 3.63) is 79.9 Å². The van der Waals surface area contributed by atoms with Crippen LogP contribution in [0.5, 0.6) is 0 Å². The van der Waals surface area contributed by atoms with Crippen molar-refractivity contribution in [2.45, 2.75) is 39.8 Å². The number of amides is 1. The average Bonchev–Trinajstić information content (AvgIpc) is 2.80. The second-order valence-electron chi connectivity index (χ2n) is 9.02. The third kappa shape index (κ3) is 5.73. The minimum atomic E-state index is -0.657. The summed E-state index contributed by atoms with van der Waals surface area (Å²) in [5.41, 5.74) is 8.75. The number of fused-ring (bicyclic) bond motifs is 1. The highest BCUT2D eigenvalue weighted by Crippen LogP contribution is 2.28. The van der Waals surface area contributed by atoms with Crippen LogP contribution in [-0.4, -0.2) is 34.7 Å². The predicted molar refractivity (Wildman–Crippen MR) is 141 cm³/mol. The lowest BCUT2D eigenvalue weighted by Gasteiger charge is -2.19. The van der Waals surface area contributed by atoms with Crippen molar-refractivity contribution in [1.29, 1.82) is 5.26 Å². The Labute approximate surface area is 213 Å². The Balaban J connectivity index is 2.09. The summed E-state index contributed by atoms with van der Waals surface area (Å²) in [5, 5.41) is 20.4. The summed E-state index contributed by atoms with van der Waals surface area (Å²) in [6, 6.07) is 10.7. The van der Waals surface area contributed by atoms with Crippen LogP contribution in [0, 0.1) is 18.3 Å². The van der Waals surface area contributed by atoms with Crippen molar-refractivity contribution in [2.75, 3.05) is 7.05 Å². The highest BCUT2D eigenvalue weighted by atomic mass is 35.5. The summed E-state index contributed by atoms with van der Waals surface area (Å²) in [4.78, 5) is 29.0. The number of aromatic amines is 1. The third-order valence-electron chi connectivity index (χ3n) is 5.29. The molecule has 1 amide bonds. The van der Waals surface area contributed by atoms with E-state index < -0.39 is 11.7 Å². The van der Waals surface area contributed by atoms with Gasteiger partial charge < -0.3 is 15.8 Å². The van der Waals surface area contributed by atoms with Crippen LogP contribution in [-0.2, 0) is 11.3 Å². The van der Waals surface area contributed by atoms with Crippen LogP contribution in [0.3, 0.4) is 0 Å². The van der Waals surface area contributed by atoms with Crippen molar-refractivity contribution in [3.63, 3.8) is 0 Å². The van der Waals surface area contributed by atoms with Gasteiger partial charge >= 0.3 is 6.09 Å². The Morgan fingerprint density at radius 3 is 2.64 bits per heavy atom. The molecule has 0 atom stereocenters. The molecular formula is C26H27ClN6O3. The molecule has 0 aliphatic carbocycles. The summed E-state index contributed by atoms with van der Waals surface area (Å²) in [6.45, 7) is 7.11. The molecule has 0 spiro atoms. The topological polar surface area (TPSA) is 146 Å². The lowest BCUT2D eigenvalue weighted by atomic mass is 9.91. The van der Waals surface area contributed by atoms with Crippen molar-refractivity contribution >= 4 is 39.8 Å². The molecule has 9 nitrogen and oxygen atoms in total. The summed E-state index contributed by atoms with van der Waals surface area (Å²) in [5.74, 6) is 0. The molecule has 3 aromatic rings. The first-order valence-electron chi connectivity index (χ1n) is 11.1. The number of allylic oxidation sites excluding steroid dienone is 1. The van der Waals surface area contributed by atoms with Gasteiger partial charge in [0, 0.05) is 34.8 Å². The van der Waals surface area contributed by atoms with Gasteiger partial charge in [-0.15, -0.1) is 0 Å². The molecule has 0 unspecified atom stereocenters. The molecule has 2 aromatic carbocycles. The van der Waals surface area contributed by atoms with E-state index in [9.17, 15) is 14.9 Å². The van der Waals surface area contributed by atoms with Gasteiger partial charge in [-0.2, -0.15) is 10.4 Å². The number of nitrogens with two attached hydrogens (primary N) is 1. The normalized spacial score (nSPS) is 12.4. The van der Waals surface area contributed by atoms with Gasteiger partial charge in [0.05, 0.1) is 28.9 Å². The molecule has 4 N–H and O–H groups in total. The number of nitrogens with one attached hydrogen (secondary N) is 2. The van der Waals surface area contributed by atoms with Gasteiger partial charge in [-0.3, -0.25) is 9.79 Å². The molecule has 0 saturated carbocycles. The number of aryl methyl sites for hydroxylation is 1. The number of carbonyl (C=O) groups is 1. The Hall–Kier alpha value is -4.16. The predicted octanol–water partition coefficient (Wildman–Crippen LogP) is 4.20. The highest BCUT2D eigenvalue weighted by molar-refractivity contribution is 6.35. The summed E-state index contributed by atoms with van der Waals surface area (Å²) >= 11 is 6.28. The standard InChI is InChI=1S/C26H27ClN6O3/c1-14-8-16(27)10-19(20(14)11-28)23(30-5)21(12-29)15-6-7-17-18(9-15)22(32-33-24(17)34)13-31-25(35)36-26(2,3)4/h6-10,12H,13,29H2,1-5H3,(H,31,35)(H,33,34)/b21-12-,30-23?. The average molecular weight is 507 g/mol. The molecular weight excluding hydrogens is 480 g/mol. The SMILES string of the molecule is CN=C(/C(=C\N)c1ccc2c(=O)[nH]nc(CNC(=O)OC(C)(C)C)c2c1)c1cc(Cl)cc(C)c1C#N. The number of hydrogen-bond acceptors (Lipinski definition) is 7. The van der Waals surface area contributed by atoms with Crippen molar-refractivity contribution in [2.24, 2.45) is 10.7 Å². The molecule has 0 radical (unpaired) electrons. The van der Waals surface area contributed by atoms with Crippen molar-refractivity contribution < 1.29 is 9.53 Å². The van der Waals surface area contributed by atoms with Crippen LogP contribution in [0.25, 0.3) is 16.3 Å². The molecule has 0 saturated heterocycles. The number of aromatic nitrogens is 2. The van der Waals surface area contributed by atoms with Gasteiger partial charge in [-0.25, -0.2) is 9.89 Å². The van der Waals surface area contributed by atoms with Crippen LogP contribution in [0.15, 0.2) is 46.3 Å². The molecule has 0 fully saturated rings. The fourth-order valence-electron chi connectivity index (χ4n) is 3.77. The summed E-state index contributed by atoms with van der Waals surface area (Å²) in [6.07, 6.45) is 0.781. The molecule has 1 heterocycles. The lowest BCUT2D eigenvalue weighted by Crippen LogP contribution is -2.32. The number of carbonyl (C=O) groups excluding carboxylic acids is 1. The fraction of sp³-hybridized carbons (Fsp3) is 0.269. The summed E-state index contributed by atoms with van der Waals surface area (Å²) < 4.78 is 5.28. The zero-order chi connectivity index (χ0) is 26.6. The van der Waals surface area contributed by atoms with Gasteiger partial charge in [0.1, 0.15) is 11.7 Å². The number of benzene rings is 2. The molecule has 186 valence electrons. The largest absolute Gasteiger partial charge is 0.444 e. The van der Waals surface area contributed by atoms with E-state index >= 15 is 0 Å². The van der Waals surface area contributed by atoms with E-state index in [-0.39, 0.29) is 12.1 Å². The number of hydrogen-bond donors (Lipinski definition) is 3. The van der Waals surface area contributed by atoms with E-state index in [0.29, 0.717) is 55.0 Å². The Morgan fingerprint density at radius 1 is 1.31 bits per heavy atom. The van der Waals surface area contributed by atoms with E-state index in [4.69, 9.17) is 22.1 Å². The lowest BCUT2D eigenvalue weighted by molar-refractivity contribution is 0.0523. The highest BCUT2D eigenvalue weighted by Gasteiger charge is 2.20. The van der Waals surface area contributed by atoms with Gasteiger partial charge in [0.2, 0.25) is 0 Å². The Kier molecular flexibility index (Phi) is 7.80. The minimum Gasteiger partial charge on any atom is -0.444 e. The molecule has 3 rings (SSSR count). The third-order valence-corrected chi connectivity index (χ3v) is 5.51. The molecule has 0 aliphatic rings. The maximum Gasteiger partial charge on any atom is 0.407 e. The first kappa shape index (κ1) is 26.4. The van der Waals surface area contributed by atoms with Crippen LogP contribution in [0.1, 0.15) is 48.7 Å². The van der Waals surface area contributed by atoms with E-state index in [1.807, 2.05) is 0 Å². The van der Waals surface area contributed by atoms with E-state index in [2.05, 4.69) is 26.6 Å². The van der Waals surface area contributed by atoms with E-state index in [1.165, 1.54) is 6.20 Å². The van der Waals surface area contributed by atoms with Crippen molar-refractivity contribution in [3.8, 4) is 6.07 Å². The Morgan fingerprint density at radius 2 is 2.03 bits per heavy atom. The smallest absolute Gasteiger partial charge is 0.407 e. The second-order valence-corrected chi connectivity index (χ2v) is 9.46. The molecule has 0 aliphatic heterocycles. The molecule has 0 bridgehead atoms. The molecule has 10 heteroatoms. The number of aliphatic imine (C=N–C) groups is 1. The van der Waals surface area contributed by atoms with Gasteiger partial charge in [-0.05, 0) is 63.1 Å². The maximum absolute atomic E-state index is 12.4. The quantitative estimate of drug-likeness (QED) is 0.442. The van der Waals surface area contributed by atoms with E-state index in [0.717, 1.165) is 0 Å². The monoisotopic (exact) mass is 506 g/mol. The molecule has 1 aromatic heterocycles. The van der Waals surface area contributed by atoms with Gasteiger partial charge in [0.15, 0.2) is 0 Å². The number of rotatable bonds is 5. The summed E-state index contributed by atoms with van der Waals surface area (Å²) in [7, 11) is 1.60. The molecule has 36 heavy (non-hydrogen) atoms. The zero-order valence-corrected chi connectivity index (χ0v) is 21.4. The fourth-order valence-corrected chi connectivity index (χ4v) is 4.04. The van der Waals surface area contributed by atoms with Crippen LogP contribution >= 0.6 is 11.6 Å². The number of alkyl carbamates (subject to hydrolysis) is 1. The number of nitrogens with zero attached hydrogens (tertiary/aromatic N) is 3. The van der Waals surface area contributed by atoms with Crippen LogP contribution < -0.4 is 16.6 Å². The Bertz CT molecular complexity index is 1490. The first-order chi connectivity index (χ1) is 17.0. The zero-order valence-electron chi connectivity index (χ0n) is 20.7. The van der Waals surface area contributed by atoms with Crippen molar-refractivity contribution in [1.82, 2.24) is 15.5 Å².